The van der Waals surface area contributed by atoms with Gasteiger partial charge in [-0.05, 0) is 25.0 Å². The smallest absolute Gasteiger partial charge is 0.222 e. The van der Waals surface area contributed by atoms with Crippen molar-refractivity contribution in [3.8, 4) is 11.6 Å². The molecule has 32 heavy (non-hydrogen) atoms. The Hall–Kier alpha value is -3.33. The third-order valence-electron chi connectivity index (χ3n) is 5.41. The number of amides is 1. The van der Waals surface area contributed by atoms with Gasteiger partial charge < -0.3 is 24.6 Å². The van der Waals surface area contributed by atoms with Crippen LogP contribution in [0, 0.1) is 0 Å². The average Bonchev–Trinajstić information content (AvgIpc) is 3.10. The van der Waals surface area contributed by atoms with Gasteiger partial charge in [0.15, 0.2) is 5.88 Å². The first-order valence-electron chi connectivity index (χ1n) is 10.4. The second-order valence-electron chi connectivity index (χ2n) is 7.72. The first-order valence-corrected chi connectivity index (χ1v) is 10.8. The molecule has 4 rings (SSSR count). The van der Waals surface area contributed by atoms with Gasteiger partial charge in [-0.3, -0.25) is 9.79 Å². The molecule has 1 aliphatic heterocycles. The average molecular weight is 457 g/mol. The molecule has 1 aliphatic rings. The number of nitrogens with one attached hydrogen (secondary N) is 1. The monoisotopic (exact) mass is 456 g/mol. The second kappa shape index (κ2) is 9.44. The first kappa shape index (κ1) is 21.9. The molecule has 9 nitrogen and oxygen atoms in total. The summed E-state index contributed by atoms with van der Waals surface area (Å²) >= 11 is 6.26. The molecule has 0 radical (unpaired) electrons. The Balaban J connectivity index is 1.75. The molecule has 3 aromatic rings. The number of rotatable bonds is 0. The van der Waals surface area contributed by atoms with Crippen molar-refractivity contribution in [1.29, 1.82) is 0 Å². The van der Waals surface area contributed by atoms with Crippen LogP contribution in [0.3, 0.4) is 0 Å². The third-order valence-corrected chi connectivity index (χ3v) is 5.73. The lowest BCUT2D eigenvalue weighted by Gasteiger charge is -2.22. The highest BCUT2D eigenvalue weighted by atomic mass is 35.5. The van der Waals surface area contributed by atoms with E-state index in [1.807, 2.05) is 19.0 Å². The maximum Gasteiger partial charge on any atom is 0.222 e. The zero-order valence-electron chi connectivity index (χ0n) is 18.0. The normalized spacial score (nSPS) is 16.0. The van der Waals surface area contributed by atoms with Crippen molar-refractivity contribution in [3.05, 3.63) is 35.1 Å². The number of benzene rings is 1. The number of aromatic hydroxyl groups is 1. The number of halogens is 1. The molecule has 168 valence electrons. The summed E-state index contributed by atoms with van der Waals surface area (Å²) in [7, 11) is 3.74. The summed E-state index contributed by atoms with van der Waals surface area (Å²) in [4.78, 5) is 32.2. The molecule has 0 aliphatic carbocycles. The maximum atomic E-state index is 12.4. The first-order chi connectivity index (χ1) is 15.4. The van der Waals surface area contributed by atoms with E-state index >= 15 is 0 Å². The Morgan fingerprint density at radius 3 is 2.81 bits per heavy atom. The number of anilines is 1. The summed E-state index contributed by atoms with van der Waals surface area (Å²) in [6.45, 7) is 1.67. The highest BCUT2D eigenvalue weighted by molar-refractivity contribution is 6.32. The minimum absolute atomic E-state index is 0.0379. The highest BCUT2D eigenvalue weighted by Crippen LogP contribution is 2.33. The fourth-order valence-corrected chi connectivity index (χ4v) is 3.80. The van der Waals surface area contributed by atoms with Gasteiger partial charge >= 0.3 is 0 Å². The van der Waals surface area contributed by atoms with Crippen molar-refractivity contribution >= 4 is 46.3 Å². The molecule has 10 heteroatoms. The van der Waals surface area contributed by atoms with Crippen LogP contribution in [0.25, 0.3) is 11.0 Å². The second-order valence-corrected chi connectivity index (χ2v) is 8.13. The number of carbonyl (C=O) groups excluding carboxylic acids is 1. The van der Waals surface area contributed by atoms with E-state index in [2.05, 4.69) is 19.9 Å². The summed E-state index contributed by atoms with van der Waals surface area (Å²) in [5.41, 5.74) is 1.62. The van der Waals surface area contributed by atoms with Gasteiger partial charge in [0.1, 0.15) is 23.5 Å². The number of ether oxygens (including phenoxy) is 1. The molecule has 0 saturated heterocycles. The summed E-state index contributed by atoms with van der Waals surface area (Å²) in [6.07, 6.45) is 4.79. The van der Waals surface area contributed by atoms with Gasteiger partial charge in [-0.15, -0.1) is 0 Å². The quantitative estimate of drug-likeness (QED) is 0.536. The maximum absolute atomic E-state index is 12.4. The van der Waals surface area contributed by atoms with Gasteiger partial charge in [-0.2, -0.15) is 0 Å². The fraction of sp³-hybridized carbons (Fsp3) is 0.364. The fourth-order valence-electron chi connectivity index (χ4n) is 3.63. The lowest BCUT2D eigenvalue weighted by molar-refractivity contribution is -0.130. The van der Waals surface area contributed by atoms with Crippen LogP contribution in [0.4, 0.5) is 11.5 Å². The predicted molar refractivity (Wildman–Crippen MR) is 125 cm³/mol. The molecule has 3 heterocycles. The third kappa shape index (κ3) is 4.62. The molecule has 2 N–H and O–H groups in total. The van der Waals surface area contributed by atoms with Gasteiger partial charge in [0.25, 0.3) is 0 Å². The van der Waals surface area contributed by atoms with Crippen LogP contribution in [0.1, 0.15) is 24.8 Å². The van der Waals surface area contributed by atoms with Gasteiger partial charge in [0.05, 0.1) is 28.3 Å². The Morgan fingerprint density at radius 1 is 1.16 bits per heavy atom. The number of fused-ring (bicyclic) bond motifs is 2. The van der Waals surface area contributed by atoms with E-state index < -0.39 is 0 Å². The highest BCUT2D eigenvalue weighted by Gasteiger charge is 2.18. The molecule has 0 fully saturated rings. The number of aromatic nitrogens is 3. The van der Waals surface area contributed by atoms with E-state index in [9.17, 15) is 9.90 Å². The van der Waals surface area contributed by atoms with Crippen LogP contribution < -0.4 is 9.64 Å². The number of aliphatic imine (C=N–C) groups is 1. The van der Waals surface area contributed by atoms with Crippen molar-refractivity contribution in [1.82, 2.24) is 19.9 Å². The molecule has 2 aromatic heterocycles. The van der Waals surface area contributed by atoms with Crippen LogP contribution >= 0.6 is 11.6 Å². The van der Waals surface area contributed by atoms with Crippen molar-refractivity contribution in [2.24, 2.45) is 4.99 Å². The summed E-state index contributed by atoms with van der Waals surface area (Å²) in [6, 6.07) is 5.20. The number of carbonyl (C=O) groups is 1. The number of aromatic amines is 1. The Bertz CT molecular complexity index is 1160. The molecule has 0 spiro atoms. The van der Waals surface area contributed by atoms with Crippen molar-refractivity contribution in [3.63, 3.8) is 0 Å². The van der Waals surface area contributed by atoms with Crippen LogP contribution in [-0.4, -0.2) is 70.9 Å². The number of hydrogen-bond acceptors (Lipinski definition) is 7. The van der Waals surface area contributed by atoms with Crippen molar-refractivity contribution < 1.29 is 14.6 Å². The minimum atomic E-state index is -0.0379. The molecule has 1 aromatic carbocycles. The van der Waals surface area contributed by atoms with Crippen molar-refractivity contribution in [2.45, 2.75) is 19.3 Å². The van der Waals surface area contributed by atoms with E-state index in [0.717, 1.165) is 6.42 Å². The molecule has 0 saturated carbocycles. The number of H-pyrrole nitrogens is 1. The van der Waals surface area contributed by atoms with Gasteiger partial charge in [0, 0.05) is 45.9 Å². The molecule has 0 unspecified atom stereocenters. The molecule has 2 bridgehead atoms. The zero-order chi connectivity index (χ0) is 22.7. The van der Waals surface area contributed by atoms with Gasteiger partial charge in [0.2, 0.25) is 5.91 Å². The van der Waals surface area contributed by atoms with Crippen LogP contribution in [0.15, 0.2) is 29.5 Å². The Morgan fingerprint density at radius 2 is 1.97 bits per heavy atom. The van der Waals surface area contributed by atoms with E-state index in [1.54, 1.807) is 29.3 Å². The predicted octanol–water partition coefficient (Wildman–Crippen LogP) is 3.52. The van der Waals surface area contributed by atoms with Crippen LogP contribution in [0.5, 0.6) is 11.6 Å². The van der Waals surface area contributed by atoms with Gasteiger partial charge in [-0.25, -0.2) is 9.97 Å². The molecular weight excluding hydrogens is 432 g/mol. The van der Waals surface area contributed by atoms with E-state index in [4.69, 9.17) is 16.3 Å². The Labute approximate surface area is 190 Å². The largest absolute Gasteiger partial charge is 0.494 e. The summed E-state index contributed by atoms with van der Waals surface area (Å²) in [5.74, 6) is 1.20. The number of hydrogen-bond donors (Lipinski definition) is 2. The minimum Gasteiger partial charge on any atom is -0.494 e. The number of nitrogens with zero attached hydrogens (tertiary/aromatic N) is 5. The zero-order valence-corrected chi connectivity index (χ0v) is 18.8. The molecule has 1 amide bonds. The molecular formula is C22H25ClN6O3. The van der Waals surface area contributed by atoms with E-state index in [0.29, 0.717) is 71.4 Å². The van der Waals surface area contributed by atoms with Crippen molar-refractivity contribution in [2.75, 3.05) is 38.7 Å². The van der Waals surface area contributed by atoms with Gasteiger partial charge in [-0.1, -0.05) is 11.6 Å². The summed E-state index contributed by atoms with van der Waals surface area (Å²) < 4.78 is 5.78. The standard InChI is InChI=1S/C22H25ClN6O3/c1-28-8-4-9-29(2)21-19-15(22(31)27-20(19)25-13-26-21)12-24-14-6-7-16(23)17(11-14)32-10-3-5-18(28)30/h6-7,11-13,31H,3-5,8-10H2,1-2H3,(H,25,26,27). The SMILES string of the molecule is CN1CCCN(C)c2ncnc3[nH]c(O)c(c23)C=Nc2ccc(Cl)c(c2)OCCCC1=O. The molecule has 0 atom stereocenters. The van der Waals surface area contributed by atoms with Crippen LogP contribution in [0.2, 0.25) is 5.02 Å². The summed E-state index contributed by atoms with van der Waals surface area (Å²) in [5, 5.41) is 11.6. The van der Waals surface area contributed by atoms with E-state index in [1.165, 1.54) is 6.33 Å². The lowest BCUT2D eigenvalue weighted by atomic mass is 10.2. The topological polar surface area (TPSA) is 107 Å². The van der Waals surface area contributed by atoms with Crippen LogP contribution in [-0.2, 0) is 4.79 Å². The van der Waals surface area contributed by atoms with E-state index in [-0.39, 0.29) is 11.8 Å². The lowest BCUT2D eigenvalue weighted by Crippen LogP contribution is -2.30. The Kier molecular flexibility index (Phi) is 6.45.